The minimum atomic E-state index is -5.03. The number of nitrogens with zero attached hydrogens (tertiary/aromatic N) is 1. The fourth-order valence-corrected chi connectivity index (χ4v) is 1.64. The summed E-state index contributed by atoms with van der Waals surface area (Å²) in [6.45, 7) is 0. The van der Waals surface area contributed by atoms with E-state index in [2.05, 4.69) is 4.98 Å². The van der Waals surface area contributed by atoms with Crippen molar-refractivity contribution in [3.05, 3.63) is 35.5 Å². The number of aromatic nitrogens is 1. The molecule has 2 aromatic rings. The zero-order chi connectivity index (χ0) is 14.4. The van der Waals surface area contributed by atoms with Gasteiger partial charge in [-0.1, -0.05) is 6.07 Å². The maximum atomic E-state index is 12.8. The molecular weight excluding hydrogens is 276 g/mol. The van der Waals surface area contributed by atoms with Crippen LogP contribution in [0.25, 0.3) is 10.9 Å². The lowest BCUT2D eigenvalue weighted by Crippen LogP contribution is -2.13. The lowest BCUT2D eigenvalue weighted by Gasteiger charge is -2.14. The van der Waals surface area contributed by atoms with Gasteiger partial charge in [0.2, 0.25) is 0 Å². The Bertz CT molecular complexity index is 631. The molecule has 1 heterocycles. The van der Waals surface area contributed by atoms with Gasteiger partial charge in [-0.15, -0.1) is 0 Å². The third kappa shape index (κ3) is 2.42. The number of hydrogen-bond acceptors (Lipinski definition) is 2. The van der Waals surface area contributed by atoms with E-state index in [1.807, 2.05) is 0 Å². The first-order chi connectivity index (χ1) is 8.60. The van der Waals surface area contributed by atoms with E-state index < -0.39 is 40.3 Å². The Morgan fingerprint density at radius 1 is 0.947 bits per heavy atom. The van der Waals surface area contributed by atoms with Crippen LogP contribution >= 0.6 is 0 Å². The van der Waals surface area contributed by atoms with E-state index in [4.69, 9.17) is 0 Å². The summed E-state index contributed by atoms with van der Waals surface area (Å²) in [5, 5.41) is 8.64. The van der Waals surface area contributed by atoms with Crippen LogP contribution in [0.3, 0.4) is 0 Å². The topological polar surface area (TPSA) is 33.1 Å². The van der Waals surface area contributed by atoms with Crippen LogP contribution in [0.5, 0.6) is 5.75 Å². The van der Waals surface area contributed by atoms with Crippen molar-refractivity contribution in [2.45, 2.75) is 12.4 Å². The van der Waals surface area contributed by atoms with Gasteiger partial charge in [-0.25, -0.2) is 4.98 Å². The highest BCUT2D eigenvalue weighted by Crippen LogP contribution is 2.41. The van der Waals surface area contributed by atoms with Crippen molar-refractivity contribution in [2.75, 3.05) is 0 Å². The molecule has 1 aromatic heterocycles. The average molecular weight is 281 g/mol. The van der Waals surface area contributed by atoms with Gasteiger partial charge >= 0.3 is 12.4 Å². The van der Waals surface area contributed by atoms with Gasteiger partial charge in [-0.05, 0) is 18.2 Å². The zero-order valence-electron chi connectivity index (χ0n) is 8.97. The number of benzene rings is 1. The number of fused-ring (bicyclic) bond motifs is 1. The Labute approximate surface area is 102 Å². The Morgan fingerprint density at radius 2 is 1.58 bits per heavy atom. The summed E-state index contributed by atoms with van der Waals surface area (Å²) in [6, 6.07) is 2.93. The number of pyridine rings is 1. The van der Waals surface area contributed by atoms with Crippen LogP contribution in [-0.2, 0) is 12.4 Å². The Morgan fingerprint density at radius 3 is 2.11 bits per heavy atom. The molecule has 0 radical (unpaired) electrons. The second-order valence-corrected chi connectivity index (χ2v) is 3.72. The minimum absolute atomic E-state index is 0.109. The Kier molecular flexibility index (Phi) is 2.83. The Hall–Kier alpha value is -1.99. The number of aromatic hydroxyl groups is 1. The third-order valence-electron chi connectivity index (χ3n) is 2.41. The standard InChI is InChI=1S/C11H5F6NO/c12-10(13,14)5-4-8(11(15,16)17)18-6-2-1-3-7(19)9(5)6/h1-4,19H. The number of halogens is 6. The van der Waals surface area contributed by atoms with E-state index in [1.165, 1.54) is 0 Å². The summed E-state index contributed by atoms with van der Waals surface area (Å²) in [5.41, 5.74) is -3.79. The molecule has 19 heavy (non-hydrogen) atoms. The van der Waals surface area contributed by atoms with Crippen LogP contribution in [0.15, 0.2) is 24.3 Å². The maximum Gasteiger partial charge on any atom is 0.433 e. The van der Waals surface area contributed by atoms with E-state index in [0.717, 1.165) is 18.2 Å². The van der Waals surface area contributed by atoms with Gasteiger partial charge in [0.1, 0.15) is 11.4 Å². The summed E-state index contributed by atoms with van der Waals surface area (Å²) in [7, 11) is 0. The van der Waals surface area contributed by atoms with Crippen molar-refractivity contribution in [2.24, 2.45) is 0 Å². The molecule has 0 fully saturated rings. The fourth-order valence-electron chi connectivity index (χ4n) is 1.64. The number of phenolic OH excluding ortho intramolecular Hbond substituents is 1. The predicted molar refractivity (Wildman–Crippen MR) is 53.4 cm³/mol. The molecule has 0 saturated heterocycles. The van der Waals surface area contributed by atoms with Gasteiger partial charge in [0.15, 0.2) is 0 Å². The van der Waals surface area contributed by atoms with Gasteiger partial charge in [0.05, 0.1) is 16.5 Å². The zero-order valence-corrected chi connectivity index (χ0v) is 8.97. The van der Waals surface area contributed by atoms with Crippen LogP contribution in [0.2, 0.25) is 0 Å². The molecule has 8 heteroatoms. The number of phenols is 1. The van der Waals surface area contributed by atoms with Crippen LogP contribution < -0.4 is 0 Å². The molecule has 102 valence electrons. The molecule has 0 aliphatic heterocycles. The van der Waals surface area contributed by atoms with Gasteiger partial charge < -0.3 is 5.11 Å². The summed E-state index contributed by atoms with van der Waals surface area (Å²) in [4.78, 5) is 3.10. The van der Waals surface area contributed by atoms with Gasteiger partial charge in [0.25, 0.3) is 0 Å². The Balaban J connectivity index is 2.89. The third-order valence-corrected chi connectivity index (χ3v) is 2.41. The quantitative estimate of drug-likeness (QED) is 0.741. The molecule has 0 atom stereocenters. The molecule has 0 bridgehead atoms. The fraction of sp³-hybridized carbons (Fsp3) is 0.182. The van der Waals surface area contributed by atoms with Crippen LogP contribution in [0, 0.1) is 0 Å². The smallest absolute Gasteiger partial charge is 0.433 e. The summed E-state index contributed by atoms with van der Waals surface area (Å²) < 4.78 is 75.8. The van der Waals surface area contributed by atoms with Crippen molar-refractivity contribution in [1.82, 2.24) is 4.98 Å². The lowest BCUT2D eigenvalue weighted by atomic mass is 10.1. The summed E-state index contributed by atoms with van der Waals surface area (Å²) in [5.74, 6) is -0.772. The van der Waals surface area contributed by atoms with Gasteiger partial charge in [0, 0.05) is 0 Å². The number of alkyl halides is 6. The normalized spacial score (nSPS) is 12.9. The second-order valence-electron chi connectivity index (χ2n) is 3.72. The van der Waals surface area contributed by atoms with Crippen molar-refractivity contribution in [3.63, 3.8) is 0 Å². The SMILES string of the molecule is Oc1cccc2nc(C(F)(F)F)cc(C(F)(F)F)c12. The van der Waals surface area contributed by atoms with Crippen LogP contribution in [0.4, 0.5) is 26.3 Å². The minimum Gasteiger partial charge on any atom is -0.507 e. The summed E-state index contributed by atoms with van der Waals surface area (Å²) >= 11 is 0. The van der Waals surface area contributed by atoms with Gasteiger partial charge in [-0.2, -0.15) is 26.3 Å². The highest BCUT2D eigenvalue weighted by Gasteiger charge is 2.39. The van der Waals surface area contributed by atoms with Crippen LogP contribution in [0.1, 0.15) is 11.3 Å². The molecule has 1 aromatic carbocycles. The molecule has 0 amide bonds. The van der Waals surface area contributed by atoms with Crippen LogP contribution in [-0.4, -0.2) is 10.1 Å². The van der Waals surface area contributed by atoms with E-state index >= 15 is 0 Å². The first kappa shape index (κ1) is 13.4. The van der Waals surface area contributed by atoms with E-state index in [9.17, 15) is 31.4 Å². The molecule has 2 rings (SSSR count). The van der Waals surface area contributed by atoms with E-state index in [1.54, 1.807) is 0 Å². The molecule has 0 spiro atoms. The first-order valence-corrected chi connectivity index (χ1v) is 4.88. The average Bonchev–Trinajstić information content (AvgIpc) is 2.25. The monoisotopic (exact) mass is 281 g/mol. The first-order valence-electron chi connectivity index (χ1n) is 4.88. The van der Waals surface area contributed by atoms with Gasteiger partial charge in [-0.3, -0.25) is 0 Å². The highest BCUT2D eigenvalue weighted by atomic mass is 19.4. The summed E-state index contributed by atoms with van der Waals surface area (Å²) in [6.07, 6.45) is -10.0. The van der Waals surface area contributed by atoms with Crippen molar-refractivity contribution >= 4 is 10.9 Å². The predicted octanol–water partition coefficient (Wildman–Crippen LogP) is 3.98. The second kappa shape index (κ2) is 4.01. The van der Waals surface area contributed by atoms with Crippen molar-refractivity contribution < 1.29 is 31.4 Å². The van der Waals surface area contributed by atoms with E-state index in [-0.39, 0.29) is 6.07 Å². The van der Waals surface area contributed by atoms with Crippen molar-refractivity contribution in [1.29, 1.82) is 0 Å². The van der Waals surface area contributed by atoms with E-state index in [0.29, 0.717) is 0 Å². The number of rotatable bonds is 0. The molecule has 0 aliphatic rings. The molecule has 0 aliphatic carbocycles. The lowest BCUT2D eigenvalue weighted by molar-refractivity contribution is -0.144. The molecule has 2 nitrogen and oxygen atoms in total. The molecule has 1 N–H and O–H groups in total. The number of hydrogen-bond donors (Lipinski definition) is 1. The highest BCUT2D eigenvalue weighted by molar-refractivity contribution is 5.88. The maximum absolute atomic E-state index is 12.8. The molecule has 0 saturated carbocycles. The largest absolute Gasteiger partial charge is 0.507 e. The van der Waals surface area contributed by atoms with Crippen molar-refractivity contribution in [3.8, 4) is 5.75 Å². The molecule has 0 unspecified atom stereocenters. The molecular formula is C11H5F6NO.